The number of rotatable bonds is 35. The third-order valence-corrected chi connectivity index (χ3v) is 11.1. The first-order valence-corrected chi connectivity index (χ1v) is 21.6. The van der Waals surface area contributed by atoms with Crippen molar-refractivity contribution >= 4 is 0 Å². The van der Waals surface area contributed by atoms with Crippen molar-refractivity contribution in [3.63, 3.8) is 0 Å². The first-order chi connectivity index (χ1) is 22.2. The predicted molar refractivity (Wildman–Crippen MR) is 208 cm³/mol. The molecule has 0 bridgehead atoms. The molecule has 0 saturated carbocycles. The van der Waals surface area contributed by atoms with E-state index in [1.54, 1.807) is 0 Å². The predicted octanol–water partition coefficient (Wildman–Crippen LogP) is 17.0. The summed E-state index contributed by atoms with van der Waals surface area (Å²) in [6, 6.07) is 0. The Morgan fingerprint density at radius 1 is 0.333 bits per heavy atom. The summed E-state index contributed by atoms with van der Waals surface area (Å²) in [6.45, 7) is 11.8. The normalized spacial score (nSPS) is 14.6. The van der Waals surface area contributed by atoms with Crippen LogP contribution in [0.3, 0.4) is 0 Å². The van der Waals surface area contributed by atoms with Crippen LogP contribution >= 0.6 is 0 Å². The van der Waals surface area contributed by atoms with E-state index in [2.05, 4.69) is 40.7 Å². The third-order valence-electron chi connectivity index (χ3n) is 11.1. The van der Waals surface area contributed by atoms with Gasteiger partial charge in [-0.05, 0) is 62.5 Å². The van der Waals surface area contributed by atoms with Gasteiger partial charge in [0.1, 0.15) is 0 Å². The van der Waals surface area contributed by atoms with Crippen molar-refractivity contribution in [2.45, 2.75) is 259 Å². The molecule has 1 rings (SSSR count). The molecule has 0 fully saturated rings. The maximum atomic E-state index is 2.97. The van der Waals surface area contributed by atoms with Crippen LogP contribution in [0.25, 0.3) is 0 Å². The van der Waals surface area contributed by atoms with E-state index in [1.165, 1.54) is 225 Å². The fourth-order valence-electron chi connectivity index (χ4n) is 8.21. The minimum atomic E-state index is 0.397. The quantitative estimate of drug-likeness (QED) is 0.0614. The summed E-state index contributed by atoms with van der Waals surface area (Å²) in [5.41, 5.74) is 6.13. The molecule has 0 aromatic carbocycles. The molecule has 0 aromatic rings. The van der Waals surface area contributed by atoms with Gasteiger partial charge in [-0.2, -0.15) is 0 Å². The Labute approximate surface area is 286 Å². The highest BCUT2D eigenvalue weighted by atomic mass is 14.4. The van der Waals surface area contributed by atoms with Gasteiger partial charge < -0.3 is 0 Å². The lowest BCUT2D eigenvalue weighted by Crippen LogP contribution is -2.20. The van der Waals surface area contributed by atoms with Crippen LogP contribution in [-0.2, 0) is 0 Å². The topological polar surface area (TPSA) is 0 Å². The van der Waals surface area contributed by atoms with Crippen LogP contribution in [0.1, 0.15) is 259 Å². The van der Waals surface area contributed by atoms with E-state index in [0.717, 1.165) is 0 Å². The minimum absolute atomic E-state index is 0.397. The largest absolute Gasteiger partial charge is 0.0708 e. The van der Waals surface area contributed by atoms with Crippen molar-refractivity contribution in [3.05, 3.63) is 22.8 Å². The van der Waals surface area contributed by atoms with Gasteiger partial charge in [-0.3, -0.25) is 0 Å². The Morgan fingerprint density at radius 3 is 1.04 bits per heavy atom. The summed E-state index contributed by atoms with van der Waals surface area (Å²) < 4.78 is 0. The van der Waals surface area contributed by atoms with Gasteiger partial charge in [-0.25, -0.2) is 0 Å². The molecule has 0 heterocycles. The fraction of sp³-hybridized carbons (Fsp3) is 0.911. The van der Waals surface area contributed by atoms with Crippen LogP contribution in [0.5, 0.6) is 0 Å². The molecule has 0 nitrogen and oxygen atoms in total. The Bertz CT molecular complexity index is 677. The zero-order valence-electron chi connectivity index (χ0n) is 32.3. The van der Waals surface area contributed by atoms with Crippen LogP contribution < -0.4 is 0 Å². The second kappa shape index (κ2) is 30.8. The van der Waals surface area contributed by atoms with E-state index in [1.807, 2.05) is 16.7 Å². The average Bonchev–Trinajstić information content (AvgIpc) is 3.33. The van der Waals surface area contributed by atoms with Crippen LogP contribution in [0, 0.1) is 5.41 Å². The van der Waals surface area contributed by atoms with Gasteiger partial charge in [-0.15, -0.1) is 0 Å². The molecule has 266 valence electrons. The van der Waals surface area contributed by atoms with Crippen molar-refractivity contribution in [2.75, 3.05) is 0 Å². The van der Waals surface area contributed by atoms with E-state index in [0.29, 0.717) is 5.41 Å². The molecule has 0 aromatic heterocycles. The first kappa shape index (κ1) is 42.5. The summed E-state index contributed by atoms with van der Waals surface area (Å²) in [5, 5.41) is 0. The Balaban J connectivity index is 3.20. The third kappa shape index (κ3) is 20.5. The standard InChI is InChI=1S/C45H86/c1-6-11-16-21-26-31-36-42-41-45(39-34-29-24-19-14-9-4,40-35-30-25-20-15-10-5)44(38-33-28-23-18-13-8-3)43(42)37-32-27-22-17-12-7-2/h41H,6-40H2,1-5H3. The lowest BCUT2D eigenvalue weighted by molar-refractivity contribution is 0.341. The number of allylic oxidation sites excluding steroid dienone is 4. The van der Waals surface area contributed by atoms with E-state index in [9.17, 15) is 0 Å². The molecular weight excluding hydrogens is 540 g/mol. The van der Waals surface area contributed by atoms with Crippen molar-refractivity contribution in [2.24, 2.45) is 5.41 Å². The Morgan fingerprint density at radius 2 is 0.644 bits per heavy atom. The van der Waals surface area contributed by atoms with Crippen LogP contribution in [-0.4, -0.2) is 0 Å². The van der Waals surface area contributed by atoms with Gasteiger partial charge in [0.25, 0.3) is 0 Å². The molecular formula is C45H86. The molecule has 0 spiro atoms. The highest BCUT2D eigenvalue weighted by Gasteiger charge is 2.38. The van der Waals surface area contributed by atoms with E-state index in [-0.39, 0.29) is 0 Å². The van der Waals surface area contributed by atoms with Crippen LogP contribution in [0.15, 0.2) is 22.8 Å². The van der Waals surface area contributed by atoms with Crippen LogP contribution in [0.2, 0.25) is 0 Å². The Kier molecular flexibility index (Phi) is 29.1. The molecule has 0 heteroatoms. The lowest BCUT2D eigenvalue weighted by atomic mass is 9.71. The summed E-state index contributed by atoms with van der Waals surface area (Å²) >= 11 is 0. The fourth-order valence-corrected chi connectivity index (χ4v) is 8.21. The maximum Gasteiger partial charge on any atom is 0.0102 e. The second-order valence-corrected chi connectivity index (χ2v) is 15.4. The highest BCUT2D eigenvalue weighted by molar-refractivity contribution is 5.48. The smallest absolute Gasteiger partial charge is 0.0102 e. The first-order valence-electron chi connectivity index (χ1n) is 21.6. The minimum Gasteiger partial charge on any atom is -0.0708 e. The molecule has 0 amide bonds. The van der Waals surface area contributed by atoms with Gasteiger partial charge in [-0.1, -0.05) is 220 Å². The van der Waals surface area contributed by atoms with Gasteiger partial charge in [0.05, 0.1) is 0 Å². The molecule has 45 heavy (non-hydrogen) atoms. The molecule has 0 saturated heterocycles. The van der Waals surface area contributed by atoms with Crippen molar-refractivity contribution in [3.8, 4) is 0 Å². The number of unbranched alkanes of at least 4 members (excludes halogenated alkanes) is 25. The molecule has 0 unspecified atom stereocenters. The molecule has 0 radical (unpaired) electrons. The second-order valence-electron chi connectivity index (χ2n) is 15.4. The van der Waals surface area contributed by atoms with Crippen molar-refractivity contribution in [1.29, 1.82) is 0 Å². The maximum absolute atomic E-state index is 2.97. The molecule has 0 aliphatic heterocycles. The van der Waals surface area contributed by atoms with E-state index < -0.39 is 0 Å². The zero-order valence-corrected chi connectivity index (χ0v) is 32.3. The summed E-state index contributed by atoms with van der Waals surface area (Å²) in [4.78, 5) is 0. The Hall–Kier alpha value is -0.520. The van der Waals surface area contributed by atoms with Gasteiger partial charge >= 0.3 is 0 Å². The average molecular weight is 627 g/mol. The summed E-state index contributed by atoms with van der Waals surface area (Å²) in [5.74, 6) is 0. The van der Waals surface area contributed by atoms with Crippen molar-refractivity contribution in [1.82, 2.24) is 0 Å². The zero-order chi connectivity index (χ0) is 32.7. The molecule has 0 atom stereocenters. The highest BCUT2D eigenvalue weighted by Crippen LogP contribution is 2.53. The van der Waals surface area contributed by atoms with E-state index >= 15 is 0 Å². The molecule has 1 aliphatic rings. The van der Waals surface area contributed by atoms with Crippen molar-refractivity contribution < 1.29 is 0 Å². The van der Waals surface area contributed by atoms with Gasteiger partial charge in [0, 0.05) is 5.41 Å². The lowest BCUT2D eigenvalue weighted by Gasteiger charge is -2.33. The molecule has 1 aliphatic carbocycles. The van der Waals surface area contributed by atoms with Crippen LogP contribution in [0.4, 0.5) is 0 Å². The van der Waals surface area contributed by atoms with Gasteiger partial charge in [0.2, 0.25) is 0 Å². The van der Waals surface area contributed by atoms with E-state index in [4.69, 9.17) is 0 Å². The summed E-state index contributed by atoms with van der Waals surface area (Å²) in [7, 11) is 0. The SMILES string of the molecule is CCCCCCCCC1=CC(CCCCCCCC)(CCCCCCCC)C(CCCCCCCC)=C1CCCCCCCC. The monoisotopic (exact) mass is 627 g/mol. The number of hydrogen-bond donors (Lipinski definition) is 0. The molecule has 0 N–H and O–H groups in total. The summed E-state index contributed by atoms with van der Waals surface area (Å²) in [6.07, 6.45) is 52.9. The number of hydrogen-bond acceptors (Lipinski definition) is 0. The van der Waals surface area contributed by atoms with Gasteiger partial charge in [0.15, 0.2) is 0 Å².